The first kappa shape index (κ1) is 37.8. The Morgan fingerprint density at radius 2 is 1.12 bits per heavy atom. The van der Waals surface area contributed by atoms with Crippen molar-refractivity contribution in [2.45, 2.75) is 108 Å². The van der Waals surface area contributed by atoms with E-state index < -0.39 is 43.8 Å². The molecule has 0 fully saturated rings. The van der Waals surface area contributed by atoms with Gasteiger partial charge in [0.2, 0.25) is 0 Å². The molecular weight excluding hydrogens is 478 g/mol. The molecule has 0 aliphatic carbocycles. The summed E-state index contributed by atoms with van der Waals surface area (Å²) in [4.78, 5) is 11.8. The summed E-state index contributed by atoms with van der Waals surface area (Å²) in [5, 5.41) is -1.73. The van der Waals surface area contributed by atoms with Gasteiger partial charge in [0.25, 0.3) is 20.2 Å². The largest absolute Gasteiger partial charge is 1.00 e. The number of hydrogen-bond acceptors (Lipinski definition) is 6. The van der Waals surface area contributed by atoms with E-state index in [9.17, 15) is 26.2 Å². The molecule has 0 rings (SSSR count). The number of unbranched alkanes of at least 4 members (excludes halogenated alkanes) is 13. The van der Waals surface area contributed by atoms with Gasteiger partial charge < -0.3 is 7.59 Å². The van der Waals surface area contributed by atoms with Crippen molar-refractivity contribution >= 4 is 26.2 Å². The van der Waals surface area contributed by atoms with Gasteiger partial charge in [-0.1, -0.05) is 96.8 Å². The molecule has 8 nitrogen and oxygen atoms in total. The van der Waals surface area contributed by atoms with Gasteiger partial charge in [0.05, 0.1) is 0 Å². The molecule has 0 aromatic rings. The van der Waals surface area contributed by atoms with Crippen LogP contribution >= 0.6 is 0 Å². The molecule has 0 heterocycles. The monoisotopic (exact) mass is 520 g/mol. The fraction of sp³-hybridized carbons (Fsp3) is 0.950. The molecule has 32 heavy (non-hydrogen) atoms. The molecule has 2 N–H and O–H groups in total. The van der Waals surface area contributed by atoms with Crippen LogP contribution in [0.1, 0.15) is 106 Å². The molecule has 0 bridgehead atoms. The molecule has 0 amide bonds. The minimum absolute atomic E-state index is 0. The summed E-state index contributed by atoms with van der Waals surface area (Å²) in [6, 6.07) is 0. The average molecular weight is 521 g/mol. The Balaban J connectivity index is -0.000000701. The van der Waals surface area contributed by atoms with Crippen LogP contribution in [-0.4, -0.2) is 49.5 Å². The third-order valence-corrected chi connectivity index (χ3v) is 6.86. The third kappa shape index (κ3) is 24.4. The first-order valence-electron chi connectivity index (χ1n) is 11.2. The maximum Gasteiger partial charge on any atom is 1.00 e. The molecule has 0 saturated carbocycles. The topological polar surface area (TPSA) is 135 Å². The van der Waals surface area contributed by atoms with Gasteiger partial charge in [0.1, 0.15) is 12.4 Å². The Kier molecular flexibility index (Phi) is 26.9. The first-order chi connectivity index (χ1) is 14.1. The summed E-state index contributed by atoms with van der Waals surface area (Å²) in [6.45, 7) is 1.56. The predicted molar refractivity (Wildman–Crippen MR) is 120 cm³/mol. The molecule has 1 atom stereocenters. The standard InChI is InChI=1S/C20H40O8S2.2Na.2H/c1-2-3-4-5-6-7-8-9-10-11-12-13-14-15-16-19(30(25,26)27)20(21)28-17-18-29(22,23)24;;;;/h19H,2-18H2,1H3,(H,22,23,24)(H,25,26,27);;;;/q;2*+1;2*-1. The number of hydrogen-bond donors (Lipinski definition) is 2. The second-order valence-corrected chi connectivity index (χ2v) is 11.0. The van der Waals surface area contributed by atoms with E-state index in [1.165, 1.54) is 57.8 Å². The fourth-order valence-electron chi connectivity index (χ4n) is 3.25. The molecule has 0 saturated heterocycles. The van der Waals surface area contributed by atoms with Crippen molar-refractivity contribution in [2.24, 2.45) is 0 Å². The van der Waals surface area contributed by atoms with Crippen LogP contribution in [0.15, 0.2) is 0 Å². The summed E-state index contributed by atoms with van der Waals surface area (Å²) in [6.07, 6.45) is 15.8. The maximum absolute atomic E-state index is 11.8. The van der Waals surface area contributed by atoms with Crippen molar-refractivity contribution in [3.63, 3.8) is 0 Å². The molecule has 1 unspecified atom stereocenters. The summed E-state index contributed by atoms with van der Waals surface area (Å²) in [5.41, 5.74) is 0. The molecule has 0 aromatic carbocycles. The predicted octanol–water partition coefficient (Wildman–Crippen LogP) is -1.22. The zero-order valence-electron chi connectivity index (χ0n) is 22.3. The fourth-order valence-corrected chi connectivity index (χ4v) is 4.32. The molecule has 0 aliphatic heterocycles. The second-order valence-electron chi connectivity index (χ2n) is 7.84. The Bertz CT molecular complexity index is 665. The van der Waals surface area contributed by atoms with E-state index in [1.807, 2.05) is 0 Å². The van der Waals surface area contributed by atoms with Gasteiger partial charge in [0, 0.05) is 0 Å². The Morgan fingerprint density at radius 3 is 1.47 bits per heavy atom. The van der Waals surface area contributed by atoms with Crippen molar-refractivity contribution in [2.75, 3.05) is 12.4 Å². The van der Waals surface area contributed by atoms with Crippen LogP contribution in [0.2, 0.25) is 0 Å². The minimum Gasteiger partial charge on any atom is -1.00 e. The summed E-state index contributed by atoms with van der Waals surface area (Å²) in [7, 11) is -8.95. The van der Waals surface area contributed by atoms with Gasteiger partial charge in [-0.15, -0.1) is 0 Å². The Hall–Kier alpha value is 1.29. The third-order valence-electron chi connectivity index (χ3n) is 5.03. The second kappa shape index (κ2) is 22.7. The van der Waals surface area contributed by atoms with Crippen LogP contribution in [0.4, 0.5) is 0 Å². The smallest absolute Gasteiger partial charge is 1.00 e. The van der Waals surface area contributed by atoms with E-state index in [-0.39, 0.29) is 68.4 Å². The molecule has 0 aliphatic rings. The molecule has 0 radical (unpaired) electrons. The first-order valence-corrected chi connectivity index (χ1v) is 14.3. The minimum atomic E-state index is -4.63. The van der Waals surface area contributed by atoms with E-state index in [0.29, 0.717) is 6.42 Å². The van der Waals surface area contributed by atoms with Crippen LogP contribution in [0.25, 0.3) is 0 Å². The van der Waals surface area contributed by atoms with Gasteiger partial charge in [-0.25, -0.2) is 0 Å². The average Bonchev–Trinajstić information content (AvgIpc) is 2.62. The number of ether oxygens (including phenoxy) is 1. The van der Waals surface area contributed by atoms with E-state index >= 15 is 0 Å². The quantitative estimate of drug-likeness (QED) is 0.0883. The van der Waals surface area contributed by atoms with Crippen molar-refractivity contribution < 1.29 is 97.4 Å². The zero-order chi connectivity index (χ0) is 22.9. The van der Waals surface area contributed by atoms with Crippen LogP contribution < -0.4 is 59.1 Å². The summed E-state index contributed by atoms with van der Waals surface area (Å²) in [5.74, 6) is -2.02. The van der Waals surface area contributed by atoms with Gasteiger partial charge in [0.15, 0.2) is 5.25 Å². The molecule has 184 valence electrons. The summed E-state index contributed by atoms with van der Waals surface area (Å²) >= 11 is 0. The van der Waals surface area contributed by atoms with Crippen molar-refractivity contribution in [3.8, 4) is 0 Å². The van der Waals surface area contributed by atoms with Gasteiger partial charge in [-0.3, -0.25) is 13.9 Å². The normalized spacial score (nSPS) is 12.5. The van der Waals surface area contributed by atoms with Crippen molar-refractivity contribution in [1.82, 2.24) is 0 Å². The number of esters is 1. The van der Waals surface area contributed by atoms with Gasteiger partial charge >= 0.3 is 65.1 Å². The molecule has 0 spiro atoms. The van der Waals surface area contributed by atoms with Crippen molar-refractivity contribution in [3.05, 3.63) is 0 Å². The van der Waals surface area contributed by atoms with Crippen LogP contribution in [-0.2, 0) is 29.8 Å². The van der Waals surface area contributed by atoms with Gasteiger partial charge in [-0.05, 0) is 6.42 Å². The van der Waals surface area contributed by atoms with E-state index in [0.717, 1.165) is 25.7 Å². The van der Waals surface area contributed by atoms with Crippen LogP contribution in [0, 0.1) is 0 Å². The number of rotatable bonds is 20. The summed E-state index contributed by atoms with van der Waals surface area (Å²) < 4.78 is 66.3. The maximum atomic E-state index is 11.8. The SMILES string of the molecule is CCCCCCCCCCCCCCCCC(C(=O)OCCS(=O)(=O)O)S(=O)(=O)O.[H-].[H-].[Na+].[Na+]. The van der Waals surface area contributed by atoms with Crippen LogP contribution in [0.3, 0.4) is 0 Å². The molecular formula is C20H42Na2O8S2. The van der Waals surface area contributed by atoms with Crippen molar-refractivity contribution in [1.29, 1.82) is 0 Å². The molecule has 0 aromatic heterocycles. The van der Waals surface area contributed by atoms with E-state index in [4.69, 9.17) is 4.55 Å². The van der Waals surface area contributed by atoms with E-state index in [1.54, 1.807) is 0 Å². The zero-order valence-corrected chi connectivity index (χ0v) is 25.9. The number of carbonyl (C=O) groups excluding carboxylic acids is 1. The van der Waals surface area contributed by atoms with E-state index in [2.05, 4.69) is 11.7 Å². The number of carbonyl (C=O) groups is 1. The Morgan fingerprint density at radius 1 is 0.750 bits per heavy atom. The van der Waals surface area contributed by atoms with Crippen LogP contribution in [0.5, 0.6) is 0 Å². The molecule has 12 heteroatoms. The van der Waals surface area contributed by atoms with Gasteiger partial charge in [-0.2, -0.15) is 16.8 Å². The Labute approximate surface area is 242 Å².